The van der Waals surface area contributed by atoms with Gasteiger partial charge in [-0.2, -0.15) is 0 Å². The van der Waals surface area contributed by atoms with E-state index in [-0.39, 0.29) is 17.6 Å². The average molecular weight is 267 g/mol. The second-order valence-corrected chi connectivity index (χ2v) is 5.38. The summed E-state index contributed by atoms with van der Waals surface area (Å²) in [5.74, 6) is 0.258. The van der Waals surface area contributed by atoms with E-state index in [1.807, 2.05) is 14.0 Å². The summed E-state index contributed by atoms with van der Waals surface area (Å²) in [7, 11) is 2.02. The Hall–Kier alpha value is -1.13. The maximum atomic E-state index is 13.8. The van der Waals surface area contributed by atoms with E-state index < -0.39 is 0 Å². The molecule has 1 saturated heterocycles. The zero-order valence-electron chi connectivity index (χ0n) is 11.6. The van der Waals surface area contributed by atoms with Crippen molar-refractivity contribution in [2.45, 2.75) is 25.8 Å². The van der Waals surface area contributed by atoms with Gasteiger partial charge in [-0.15, -0.1) is 0 Å². The Morgan fingerprint density at radius 3 is 2.74 bits per heavy atom. The quantitative estimate of drug-likeness (QED) is 0.910. The first-order valence-corrected chi connectivity index (χ1v) is 6.84. The van der Waals surface area contributed by atoms with Crippen LogP contribution in [0, 0.1) is 11.7 Å². The summed E-state index contributed by atoms with van der Waals surface area (Å²) in [6, 6.07) is 4.38. The van der Waals surface area contributed by atoms with Crippen LogP contribution < -0.4 is 0 Å². The third-order valence-corrected chi connectivity index (χ3v) is 3.98. The minimum absolute atomic E-state index is 0.00319. The molecule has 0 saturated carbocycles. The number of phenols is 1. The van der Waals surface area contributed by atoms with E-state index in [0.717, 1.165) is 32.6 Å². The van der Waals surface area contributed by atoms with Crippen LogP contribution in [0.5, 0.6) is 5.75 Å². The summed E-state index contributed by atoms with van der Waals surface area (Å²) in [5, 5.41) is 9.25. The predicted octanol–water partition coefficient (Wildman–Crippen LogP) is 2.95. The van der Waals surface area contributed by atoms with Crippen LogP contribution in [0.1, 0.15) is 31.4 Å². The molecule has 1 aliphatic rings. The van der Waals surface area contributed by atoms with Crippen molar-refractivity contribution in [3.63, 3.8) is 0 Å². The highest BCUT2D eigenvalue weighted by atomic mass is 19.1. The fraction of sp³-hybridized carbons (Fsp3) is 0.600. The van der Waals surface area contributed by atoms with Crippen molar-refractivity contribution in [3.8, 4) is 5.75 Å². The van der Waals surface area contributed by atoms with Gasteiger partial charge in [0.15, 0.2) is 0 Å². The number of rotatable bonds is 4. The molecule has 3 nitrogen and oxygen atoms in total. The van der Waals surface area contributed by atoms with Gasteiger partial charge in [0.05, 0.1) is 0 Å². The van der Waals surface area contributed by atoms with Crippen molar-refractivity contribution in [2.24, 2.45) is 5.92 Å². The lowest BCUT2D eigenvalue weighted by Gasteiger charge is -2.31. The lowest BCUT2D eigenvalue weighted by Crippen LogP contribution is -2.31. The molecule has 1 unspecified atom stereocenters. The van der Waals surface area contributed by atoms with E-state index in [2.05, 4.69) is 4.90 Å². The fourth-order valence-corrected chi connectivity index (χ4v) is 2.59. The fourth-order valence-electron chi connectivity index (χ4n) is 2.59. The van der Waals surface area contributed by atoms with Gasteiger partial charge in [0, 0.05) is 37.4 Å². The first-order valence-electron chi connectivity index (χ1n) is 6.84. The van der Waals surface area contributed by atoms with Crippen LogP contribution in [-0.4, -0.2) is 36.8 Å². The van der Waals surface area contributed by atoms with Crippen molar-refractivity contribution in [1.82, 2.24) is 4.90 Å². The topological polar surface area (TPSA) is 32.7 Å². The van der Waals surface area contributed by atoms with E-state index >= 15 is 0 Å². The Morgan fingerprint density at radius 1 is 1.42 bits per heavy atom. The SMILES string of the molecule is CC(c1ccc(O)cc1F)N(C)CC1CCOCC1. The normalized spacial score (nSPS) is 18.7. The minimum Gasteiger partial charge on any atom is -0.508 e. The van der Waals surface area contributed by atoms with Crippen LogP contribution in [0.3, 0.4) is 0 Å². The summed E-state index contributed by atoms with van der Waals surface area (Å²) >= 11 is 0. The molecule has 4 heteroatoms. The standard InChI is InChI=1S/C15H22FNO2/c1-11(14-4-3-13(18)9-15(14)16)17(2)10-12-5-7-19-8-6-12/h3-4,9,11-12,18H,5-8,10H2,1-2H3. The van der Waals surface area contributed by atoms with E-state index in [9.17, 15) is 9.50 Å². The Morgan fingerprint density at radius 2 is 2.11 bits per heavy atom. The minimum atomic E-state index is -0.341. The number of benzene rings is 1. The molecule has 0 bridgehead atoms. The summed E-state index contributed by atoms with van der Waals surface area (Å²) in [6.07, 6.45) is 2.16. The summed E-state index contributed by atoms with van der Waals surface area (Å²) in [6.45, 7) is 4.61. The van der Waals surface area contributed by atoms with Gasteiger partial charge in [-0.1, -0.05) is 6.07 Å². The van der Waals surface area contributed by atoms with Crippen molar-refractivity contribution >= 4 is 0 Å². The molecule has 0 aliphatic carbocycles. The Kier molecular flexibility index (Phi) is 4.77. The third-order valence-electron chi connectivity index (χ3n) is 3.98. The molecule has 1 fully saturated rings. The smallest absolute Gasteiger partial charge is 0.131 e. The molecule has 0 radical (unpaired) electrons. The molecule has 1 aromatic carbocycles. The van der Waals surface area contributed by atoms with Gasteiger partial charge in [-0.3, -0.25) is 4.90 Å². The molecule has 0 spiro atoms. The largest absolute Gasteiger partial charge is 0.508 e. The molecule has 1 heterocycles. The van der Waals surface area contributed by atoms with Gasteiger partial charge in [0.2, 0.25) is 0 Å². The summed E-state index contributed by atoms with van der Waals surface area (Å²) in [4.78, 5) is 2.17. The van der Waals surface area contributed by atoms with Crippen LogP contribution in [-0.2, 0) is 4.74 Å². The number of hydrogen-bond donors (Lipinski definition) is 1. The monoisotopic (exact) mass is 267 g/mol. The van der Waals surface area contributed by atoms with Gasteiger partial charge in [-0.25, -0.2) is 4.39 Å². The molecular weight excluding hydrogens is 245 g/mol. The number of aromatic hydroxyl groups is 1. The van der Waals surface area contributed by atoms with E-state index in [1.165, 1.54) is 12.1 Å². The molecule has 1 atom stereocenters. The first-order chi connectivity index (χ1) is 9.08. The molecular formula is C15H22FNO2. The molecule has 1 aliphatic heterocycles. The molecule has 1 N–H and O–H groups in total. The van der Waals surface area contributed by atoms with Crippen LogP contribution in [0.15, 0.2) is 18.2 Å². The van der Waals surface area contributed by atoms with Crippen molar-refractivity contribution in [2.75, 3.05) is 26.8 Å². The number of ether oxygens (including phenoxy) is 1. The highest BCUT2D eigenvalue weighted by Crippen LogP contribution is 2.26. The van der Waals surface area contributed by atoms with E-state index in [1.54, 1.807) is 6.07 Å². The van der Waals surface area contributed by atoms with Crippen LogP contribution in [0.25, 0.3) is 0 Å². The van der Waals surface area contributed by atoms with Crippen molar-refractivity contribution < 1.29 is 14.2 Å². The third kappa shape index (κ3) is 3.67. The molecule has 2 rings (SSSR count). The predicted molar refractivity (Wildman–Crippen MR) is 72.7 cm³/mol. The van der Waals surface area contributed by atoms with Gasteiger partial charge >= 0.3 is 0 Å². The molecule has 0 aromatic heterocycles. The molecule has 19 heavy (non-hydrogen) atoms. The van der Waals surface area contributed by atoms with Crippen molar-refractivity contribution in [1.29, 1.82) is 0 Å². The van der Waals surface area contributed by atoms with Gasteiger partial charge in [-0.05, 0) is 38.8 Å². The van der Waals surface area contributed by atoms with Crippen LogP contribution in [0.2, 0.25) is 0 Å². The Labute approximate surface area is 114 Å². The Balaban J connectivity index is 1.99. The maximum Gasteiger partial charge on any atom is 0.131 e. The number of nitrogens with zero attached hydrogens (tertiary/aromatic N) is 1. The van der Waals surface area contributed by atoms with Crippen LogP contribution in [0.4, 0.5) is 4.39 Å². The number of phenolic OH excluding ortho intramolecular Hbond substituents is 1. The second kappa shape index (κ2) is 6.35. The zero-order valence-corrected chi connectivity index (χ0v) is 11.6. The highest BCUT2D eigenvalue weighted by molar-refractivity contribution is 5.29. The lowest BCUT2D eigenvalue weighted by atomic mass is 9.98. The molecule has 0 amide bonds. The zero-order chi connectivity index (χ0) is 13.8. The molecule has 106 valence electrons. The van der Waals surface area contributed by atoms with Crippen LogP contribution >= 0.6 is 0 Å². The highest BCUT2D eigenvalue weighted by Gasteiger charge is 2.21. The Bertz CT molecular complexity index is 419. The van der Waals surface area contributed by atoms with E-state index in [4.69, 9.17) is 4.74 Å². The number of halogens is 1. The lowest BCUT2D eigenvalue weighted by molar-refractivity contribution is 0.0511. The van der Waals surface area contributed by atoms with Gasteiger partial charge < -0.3 is 9.84 Å². The first kappa shape index (κ1) is 14.3. The average Bonchev–Trinajstić information content (AvgIpc) is 2.39. The van der Waals surface area contributed by atoms with Gasteiger partial charge in [0.25, 0.3) is 0 Å². The van der Waals surface area contributed by atoms with Crippen molar-refractivity contribution in [3.05, 3.63) is 29.6 Å². The molecule has 1 aromatic rings. The van der Waals surface area contributed by atoms with E-state index in [0.29, 0.717) is 11.5 Å². The second-order valence-electron chi connectivity index (χ2n) is 5.38. The summed E-state index contributed by atoms with van der Waals surface area (Å²) in [5.41, 5.74) is 0.632. The maximum absolute atomic E-state index is 13.8. The summed E-state index contributed by atoms with van der Waals surface area (Å²) < 4.78 is 19.2. The van der Waals surface area contributed by atoms with Gasteiger partial charge in [0.1, 0.15) is 11.6 Å². The number of hydrogen-bond acceptors (Lipinski definition) is 3.